The lowest BCUT2D eigenvalue weighted by atomic mass is 9.93. The van der Waals surface area contributed by atoms with Gasteiger partial charge < -0.3 is 5.32 Å². The van der Waals surface area contributed by atoms with E-state index in [4.69, 9.17) is 0 Å². The van der Waals surface area contributed by atoms with Crippen LogP contribution in [0.4, 0.5) is 0 Å². The van der Waals surface area contributed by atoms with Crippen LogP contribution in [0.1, 0.15) is 40.0 Å². The summed E-state index contributed by atoms with van der Waals surface area (Å²) in [4.78, 5) is 0. The molecule has 2 atom stereocenters. The summed E-state index contributed by atoms with van der Waals surface area (Å²) in [6.07, 6.45) is 3.10. The van der Waals surface area contributed by atoms with E-state index in [2.05, 4.69) is 17.0 Å². The minimum Gasteiger partial charge on any atom is -0.312 e. The van der Waals surface area contributed by atoms with E-state index in [0.29, 0.717) is 18.4 Å². The Morgan fingerprint density at radius 2 is 2.12 bits per heavy atom. The monoisotopic (exact) mass is 262 g/mol. The topological polar surface area (TPSA) is 58.2 Å². The van der Waals surface area contributed by atoms with Crippen molar-refractivity contribution >= 4 is 10.0 Å². The number of nitrogens with one attached hydrogen (secondary N) is 2. The predicted octanol–water partition coefficient (Wildman–Crippen LogP) is 1.34. The Morgan fingerprint density at radius 3 is 2.71 bits per heavy atom. The zero-order chi connectivity index (χ0) is 12.9. The normalized spacial score (nSPS) is 26.4. The standard InChI is InChI=1S/C12H26N2O2S/c1-10(2)6-8-17(15,16)14-9-12-11(3)5-4-7-13-12/h10-14H,4-9H2,1-3H3. The fourth-order valence-electron chi connectivity index (χ4n) is 2.07. The van der Waals surface area contributed by atoms with Crippen LogP contribution in [0.25, 0.3) is 0 Å². The van der Waals surface area contributed by atoms with Crippen LogP contribution in [0.5, 0.6) is 0 Å². The van der Waals surface area contributed by atoms with Crippen LogP contribution in [0.3, 0.4) is 0 Å². The fourth-order valence-corrected chi connectivity index (χ4v) is 3.43. The van der Waals surface area contributed by atoms with Gasteiger partial charge in [-0.05, 0) is 37.6 Å². The molecular formula is C12H26N2O2S. The van der Waals surface area contributed by atoms with Crippen LogP contribution in [-0.2, 0) is 10.0 Å². The van der Waals surface area contributed by atoms with Gasteiger partial charge in [0.2, 0.25) is 10.0 Å². The average Bonchev–Trinajstić information content (AvgIpc) is 2.26. The SMILES string of the molecule is CC(C)CCS(=O)(=O)NCC1NCCCC1C. The fraction of sp³-hybridized carbons (Fsp3) is 1.00. The van der Waals surface area contributed by atoms with E-state index in [-0.39, 0.29) is 11.8 Å². The minimum atomic E-state index is -3.09. The first-order valence-electron chi connectivity index (χ1n) is 6.61. The van der Waals surface area contributed by atoms with E-state index in [1.54, 1.807) is 0 Å². The molecule has 1 saturated heterocycles. The van der Waals surface area contributed by atoms with Crippen LogP contribution >= 0.6 is 0 Å². The van der Waals surface area contributed by atoms with Crippen LogP contribution in [-0.4, -0.2) is 33.3 Å². The van der Waals surface area contributed by atoms with Gasteiger partial charge in [-0.15, -0.1) is 0 Å². The molecule has 17 heavy (non-hydrogen) atoms. The van der Waals surface area contributed by atoms with Gasteiger partial charge in [-0.25, -0.2) is 13.1 Å². The van der Waals surface area contributed by atoms with E-state index >= 15 is 0 Å². The first-order valence-corrected chi connectivity index (χ1v) is 8.26. The van der Waals surface area contributed by atoms with Crippen LogP contribution in [0.15, 0.2) is 0 Å². The summed E-state index contributed by atoms with van der Waals surface area (Å²) in [5.41, 5.74) is 0. The van der Waals surface area contributed by atoms with Crippen molar-refractivity contribution in [1.29, 1.82) is 0 Å². The van der Waals surface area contributed by atoms with Gasteiger partial charge in [0.25, 0.3) is 0 Å². The van der Waals surface area contributed by atoms with Crippen molar-refractivity contribution in [3.05, 3.63) is 0 Å². The largest absolute Gasteiger partial charge is 0.312 e. The molecule has 1 heterocycles. The van der Waals surface area contributed by atoms with Crippen LogP contribution in [0, 0.1) is 11.8 Å². The molecule has 1 aliphatic rings. The summed E-state index contributed by atoms with van der Waals surface area (Å²) in [6, 6.07) is 0.289. The predicted molar refractivity (Wildman–Crippen MR) is 71.4 cm³/mol. The second kappa shape index (κ2) is 6.71. The maximum Gasteiger partial charge on any atom is 0.211 e. The molecule has 2 N–H and O–H groups in total. The molecule has 0 radical (unpaired) electrons. The van der Waals surface area contributed by atoms with E-state index < -0.39 is 10.0 Å². The second-order valence-electron chi connectivity index (χ2n) is 5.53. The molecule has 4 nitrogen and oxygen atoms in total. The molecule has 1 rings (SSSR count). The maximum atomic E-state index is 11.7. The zero-order valence-corrected chi connectivity index (χ0v) is 12.0. The lowest BCUT2D eigenvalue weighted by Crippen LogP contribution is -2.48. The Bertz CT molecular complexity index is 314. The number of sulfonamides is 1. The molecule has 0 aromatic rings. The Morgan fingerprint density at radius 1 is 1.41 bits per heavy atom. The highest BCUT2D eigenvalue weighted by atomic mass is 32.2. The third-order valence-electron chi connectivity index (χ3n) is 3.42. The second-order valence-corrected chi connectivity index (χ2v) is 7.46. The van der Waals surface area contributed by atoms with Crippen molar-refractivity contribution in [3.8, 4) is 0 Å². The number of hydrogen-bond acceptors (Lipinski definition) is 3. The molecule has 0 amide bonds. The van der Waals surface area contributed by atoms with Crippen molar-refractivity contribution in [1.82, 2.24) is 10.0 Å². The Labute approximate surface area is 106 Å². The van der Waals surface area contributed by atoms with Gasteiger partial charge in [-0.2, -0.15) is 0 Å². The van der Waals surface area contributed by atoms with Gasteiger partial charge in [0, 0.05) is 12.6 Å². The summed E-state index contributed by atoms with van der Waals surface area (Å²) in [5, 5.41) is 3.38. The molecule has 1 fully saturated rings. The molecule has 0 aromatic carbocycles. The number of rotatable bonds is 6. The number of hydrogen-bond donors (Lipinski definition) is 2. The molecule has 0 aromatic heterocycles. The van der Waals surface area contributed by atoms with Crippen molar-refractivity contribution in [2.24, 2.45) is 11.8 Å². The van der Waals surface area contributed by atoms with E-state index in [0.717, 1.165) is 13.0 Å². The molecular weight excluding hydrogens is 236 g/mol. The van der Waals surface area contributed by atoms with Gasteiger partial charge >= 0.3 is 0 Å². The molecule has 0 aliphatic carbocycles. The van der Waals surface area contributed by atoms with Crippen molar-refractivity contribution in [2.45, 2.75) is 46.1 Å². The van der Waals surface area contributed by atoms with Gasteiger partial charge in [0.15, 0.2) is 0 Å². The molecule has 0 saturated carbocycles. The smallest absolute Gasteiger partial charge is 0.211 e. The molecule has 0 spiro atoms. The Hall–Kier alpha value is -0.130. The average molecular weight is 262 g/mol. The quantitative estimate of drug-likeness (QED) is 0.759. The van der Waals surface area contributed by atoms with E-state index in [1.807, 2.05) is 13.8 Å². The molecule has 2 unspecified atom stereocenters. The third kappa shape index (κ3) is 5.84. The van der Waals surface area contributed by atoms with Gasteiger partial charge in [0.1, 0.15) is 0 Å². The molecule has 102 valence electrons. The van der Waals surface area contributed by atoms with E-state index in [9.17, 15) is 8.42 Å². The number of piperidine rings is 1. The lowest BCUT2D eigenvalue weighted by Gasteiger charge is -2.30. The highest BCUT2D eigenvalue weighted by Crippen LogP contribution is 2.15. The highest BCUT2D eigenvalue weighted by Gasteiger charge is 2.22. The maximum absolute atomic E-state index is 11.7. The Balaban J connectivity index is 2.33. The van der Waals surface area contributed by atoms with Gasteiger partial charge in [0.05, 0.1) is 5.75 Å². The lowest BCUT2D eigenvalue weighted by molar-refractivity contribution is 0.300. The van der Waals surface area contributed by atoms with Crippen molar-refractivity contribution in [3.63, 3.8) is 0 Å². The first kappa shape index (κ1) is 14.9. The molecule has 0 bridgehead atoms. The van der Waals surface area contributed by atoms with Crippen molar-refractivity contribution in [2.75, 3.05) is 18.8 Å². The molecule has 5 heteroatoms. The zero-order valence-electron chi connectivity index (χ0n) is 11.2. The summed E-state index contributed by atoms with van der Waals surface area (Å²) >= 11 is 0. The highest BCUT2D eigenvalue weighted by molar-refractivity contribution is 7.89. The van der Waals surface area contributed by atoms with Gasteiger partial charge in [-0.1, -0.05) is 20.8 Å². The summed E-state index contributed by atoms with van der Waals surface area (Å²) in [6.45, 7) is 7.80. The van der Waals surface area contributed by atoms with E-state index in [1.165, 1.54) is 12.8 Å². The third-order valence-corrected chi connectivity index (χ3v) is 4.80. The Kier molecular flexibility index (Phi) is 5.89. The summed E-state index contributed by atoms with van der Waals surface area (Å²) in [7, 11) is -3.09. The van der Waals surface area contributed by atoms with Crippen LogP contribution < -0.4 is 10.0 Å². The van der Waals surface area contributed by atoms with Crippen molar-refractivity contribution < 1.29 is 8.42 Å². The first-order chi connectivity index (χ1) is 7.91. The summed E-state index contributed by atoms with van der Waals surface area (Å²) < 4.78 is 26.2. The van der Waals surface area contributed by atoms with Gasteiger partial charge in [-0.3, -0.25) is 0 Å². The minimum absolute atomic E-state index is 0.242. The summed E-state index contributed by atoms with van der Waals surface area (Å²) in [5.74, 6) is 1.22. The van der Waals surface area contributed by atoms with Crippen LogP contribution in [0.2, 0.25) is 0 Å². The molecule has 1 aliphatic heterocycles.